The number of methoxy groups -OCH3 is 2. The van der Waals surface area contributed by atoms with Gasteiger partial charge in [-0.2, -0.15) is 5.10 Å². The van der Waals surface area contributed by atoms with E-state index < -0.39 is 17.6 Å². The first-order valence-corrected chi connectivity index (χ1v) is 6.10. The van der Waals surface area contributed by atoms with Crippen LogP contribution in [-0.2, 0) is 20.8 Å². The van der Waals surface area contributed by atoms with E-state index in [-0.39, 0.29) is 30.5 Å². The molecule has 9 heteroatoms. The Labute approximate surface area is 120 Å². The van der Waals surface area contributed by atoms with Crippen LogP contribution >= 0.6 is 11.6 Å². The van der Waals surface area contributed by atoms with Crippen molar-refractivity contribution >= 4 is 23.3 Å². The van der Waals surface area contributed by atoms with Crippen LogP contribution in [0.1, 0.15) is 0 Å². The summed E-state index contributed by atoms with van der Waals surface area (Å²) in [6.45, 7) is -0.287. The molecular weight excluding hydrogens is 290 g/mol. The van der Waals surface area contributed by atoms with E-state index in [9.17, 15) is 9.59 Å². The van der Waals surface area contributed by atoms with Gasteiger partial charge in [-0.05, 0) is 0 Å². The van der Waals surface area contributed by atoms with Crippen molar-refractivity contribution in [3.63, 3.8) is 0 Å². The molecular formula is C11H16ClN3O5. The van der Waals surface area contributed by atoms with Crippen LogP contribution in [0.4, 0.5) is 5.69 Å². The van der Waals surface area contributed by atoms with Gasteiger partial charge in [0.1, 0.15) is 11.6 Å². The van der Waals surface area contributed by atoms with Gasteiger partial charge < -0.3 is 19.9 Å². The molecule has 1 atom stereocenters. The van der Waals surface area contributed by atoms with Crippen LogP contribution in [0.3, 0.4) is 0 Å². The Hall–Kier alpha value is -1.64. The summed E-state index contributed by atoms with van der Waals surface area (Å²) in [5.74, 6) is -0.607. The van der Waals surface area contributed by atoms with E-state index >= 15 is 0 Å². The van der Waals surface area contributed by atoms with Gasteiger partial charge in [0.25, 0.3) is 5.56 Å². The van der Waals surface area contributed by atoms with Crippen LogP contribution < -0.4 is 10.9 Å². The van der Waals surface area contributed by atoms with E-state index in [1.54, 1.807) is 0 Å². The number of ether oxygens (including phenoxy) is 2. The largest absolute Gasteiger partial charge is 0.468 e. The van der Waals surface area contributed by atoms with Crippen LogP contribution in [0.25, 0.3) is 0 Å². The number of carbonyl (C=O) groups is 1. The molecule has 0 aliphatic heterocycles. The molecule has 1 aromatic rings. The van der Waals surface area contributed by atoms with Gasteiger partial charge in [0.15, 0.2) is 0 Å². The minimum atomic E-state index is -0.629. The number of nitrogens with one attached hydrogen (secondary N) is 1. The molecule has 0 radical (unpaired) electrons. The lowest BCUT2D eigenvalue weighted by Gasteiger charge is -2.17. The third-order valence-corrected chi connectivity index (χ3v) is 2.80. The number of anilines is 1. The summed E-state index contributed by atoms with van der Waals surface area (Å²) in [5, 5.41) is 15.6. The number of hydrogen-bond donors (Lipinski definition) is 2. The molecule has 0 aliphatic rings. The standard InChI is InChI=1S/C11H16ClN3O5/c1-19-6-7(5-16)14-8-3-13-15(4-9(17)20-2)11(18)10(8)12/h3,7,14,16H,4-6H2,1-2H3. The van der Waals surface area contributed by atoms with Crippen molar-refractivity contribution < 1.29 is 19.4 Å². The maximum absolute atomic E-state index is 11.9. The number of aliphatic hydroxyl groups is 1. The zero-order valence-electron chi connectivity index (χ0n) is 11.1. The minimum Gasteiger partial charge on any atom is -0.468 e. The van der Waals surface area contributed by atoms with Crippen LogP contribution in [0.15, 0.2) is 11.0 Å². The lowest BCUT2D eigenvalue weighted by atomic mass is 10.3. The fraction of sp³-hybridized carbons (Fsp3) is 0.545. The van der Waals surface area contributed by atoms with Crippen molar-refractivity contribution in [2.75, 3.05) is 32.8 Å². The first-order chi connectivity index (χ1) is 9.53. The molecule has 1 heterocycles. The van der Waals surface area contributed by atoms with Gasteiger partial charge in [0.2, 0.25) is 0 Å². The Bertz CT molecular complexity index is 519. The Morgan fingerprint density at radius 1 is 1.60 bits per heavy atom. The maximum Gasteiger partial charge on any atom is 0.327 e. The van der Waals surface area contributed by atoms with Gasteiger partial charge >= 0.3 is 5.97 Å². The average molecular weight is 306 g/mol. The van der Waals surface area contributed by atoms with E-state index in [0.29, 0.717) is 0 Å². The second-order valence-corrected chi connectivity index (χ2v) is 4.27. The van der Waals surface area contributed by atoms with E-state index in [1.165, 1.54) is 20.4 Å². The van der Waals surface area contributed by atoms with Gasteiger partial charge in [-0.15, -0.1) is 0 Å². The highest BCUT2D eigenvalue weighted by molar-refractivity contribution is 6.32. The predicted molar refractivity (Wildman–Crippen MR) is 71.9 cm³/mol. The van der Waals surface area contributed by atoms with Crippen LogP contribution in [0, 0.1) is 0 Å². The number of carbonyl (C=O) groups excluding carboxylic acids is 1. The van der Waals surface area contributed by atoms with Crippen molar-refractivity contribution in [3.05, 3.63) is 21.6 Å². The third-order valence-electron chi connectivity index (χ3n) is 2.44. The summed E-state index contributed by atoms with van der Waals surface area (Å²) in [5.41, 5.74) is -0.370. The van der Waals surface area contributed by atoms with E-state index in [2.05, 4.69) is 15.2 Å². The van der Waals surface area contributed by atoms with Crippen molar-refractivity contribution in [2.45, 2.75) is 12.6 Å². The lowest BCUT2D eigenvalue weighted by molar-refractivity contribution is -0.141. The van der Waals surface area contributed by atoms with Gasteiger partial charge in [-0.25, -0.2) is 4.68 Å². The summed E-state index contributed by atoms with van der Waals surface area (Å²) in [4.78, 5) is 23.0. The normalized spacial score (nSPS) is 12.0. The predicted octanol–water partition coefficient (Wildman–Crippen LogP) is -0.511. The van der Waals surface area contributed by atoms with E-state index in [4.69, 9.17) is 21.4 Å². The van der Waals surface area contributed by atoms with Crippen molar-refractivity contribution in [3.8, 4) is 0 Å². The zero-order valence-corrected chi connectivity index (χ0v) is 11.9. The highest BCUT2D eigenvalue weighted by Gasteiger charge is 2.15. The number of esters is 1. The summed E-state index contributed by atoms with van der Waals surface area (Å²) < 4.78 is 10.2. The highest BCUT2D eigenvalue weighted by Crippen LogP contribution is 2.16. The molecule has 8 nitrogen and oxygen atoms in total. The second-order valence-electron chi connectivity index (χ2n) is 3.89. The Morgan fingerprint density at radius 3 is 2.85 bits per heavy atom. The first-order valence-electron chi connectivity index (χ1n) is 5.72. The molecule has 0 bridgehead atoms. The van der Waals surface area contributed by atoms with E-state index in [0.717, 1.165) is 4.68 Å². The number of aliphatic hydroxyl groups excluding tert-OH is 1. The van der Waals surface area contributed by atoms with Crippen molar-refractivity contribution in [1.29, 1.82) is 0 Å². The molecule has 0 fully saturated rings. The van der Waals surface area contributed by atoms with Gasteiger partial charge in [0.05, 0.1) is 38.2 Å². The summed E-state index contributed by atoms with van der Waals surface area (Å²) in [6, 6.07) is -0.421. The van der Waals surface area contributed by atoms with Crippen molar-refractivity contribution in [2.24, 2.45) is 0 Å². The molecule has 112 valence electrons. The van der Waals surface area contributed by atoms with Crippen LogP contribution in [0.2, 0.25) is 5.02 Å². The Balaban J connectivity index is 2.94. The lowest BCUT2D eigenvalue weighted by Crippen LogP contribution is -2.32. The Kier molecular flexibility index (Phi) is 6.43. The van der Waals surface area contributed by atoms with Crippen LogP contribution in [0.5, 0.6) is 0 Å². The molecule has 0 amide bonds. The van der Waals surface area contributed by atoms with Gasteiger partial charge in [-0.1, -0.05) is 11.6 Å². The smallest absolute Gasteiger partial charge is 0.327 e. The fourth-order valence-electron chi connectivity index (χ4n) is 1.43. The summed E-state index contributed by atoms with van der Waals surface area (Å²) >= 11 is 5.92. The second kappa shape index (κ2) is 7.83. The summed E-state index contributed by atoms with van der Waals surface area (Å²) in [6.07, 6.45) is 1.30. The molecule has 0 aromatic carbocycles. The Morgan fingerprint density at radius 2 is 2.30 bits per heavy atom. The monoisotopic (exact) mass is 305 g/mol. The molecule has 0 aliphatic carbocycles. The first kappa shape index (κ1) is 16.4. The number of nitrogens with zero attached hydrogens (tertiary/aromatic N) is 2. The minimum absolute atomic E-state index is 0.126. The fourth-order valence-corrected chi connectivity index (χ4v) is 1.63. The molecule has 20 heavy (non-hydrogen) atoms. The van der Waals surface area contributed by atoms with E-state index in [1.807, 2.05) is 0 Å². The average Bonchev–Trinajstić information content (AvgIpc) is 2.45. The summed E-state index contributed by atoms with van der Waals surface area (Å²) in [7, 11) is 2.69. The molecule has 1 rings (SSSR count). The number of hydrogen-bond acceptors (Lipinski definition) is 7. The van der Waals surface area contributed by atoms with Crippen molar-refractivity contribution in [1.82, 2.24) is 9.78 Å². The molecule has 1 unspecified atom stereocenters. The highest BCUT2D eigenvalue weighted by atomic mass is 35.5. The third kappa shape index (κ3) is 4.19. The van der Waals surface area contributed by atoms with Gasteiger partial charge in [0, 0.05) is 7.11 Å². The number of aromatic nitrogens is 2. The van der Waals surface area contributed by atoms with Gasteiger partial charge in [-0.3, -0.25) is 9.59 Å². The topological polar surface area (TPSA) is 103 Å². The SMILES string of the molecule is COCC(CO)Nc1cnn(CC(=O)OC)c(=O)c1Cl. The number of rotatable bonds is 7. The molecule has 0 spiro atoms. The maximum atomic E-state index is 11.9. The molecule has 1 aromatic heterocycles. The molecule has 2 N–H and O–H groups in total. The zero-order chi connectivity index (χ0) is 15.1. The molecule has 0 saturated heterocycles. The quantitative estimate of drug-likeness (QED) is 0.654. The molecule has 0 saturated carbocycles. The van der Waals surface area contributed by atoms with Crippen LogP contribution in [-0.4, -0.2) is 54.3 Å². The number of halogens is 1.